The zero-order valence-electron chi connectivity index (χ0n) is 34.1. The Labute approximate surface area is 340 Å². The standard InChI is InChI=1S/2C24H30N3P/c2*1-4-25(22-16-10-7-11-17-22)28(26(5-2)23-18-12-8-13-19-23)27(6-3)24-20-14-9-15-21-24/h2*7-21H,4-6H2,1-3H3. The second-order valence-corrected chi connectivity index (χ2v) is 16.8. The van der Waals surface area contributed by atoms with Gasteiger partial charge in [-0.1, -0.05) is 109 Å². The molecule has 0 radical (unpaired) electrons. The van der Waals surface area contributed by atoms with E-state index in [1.165, 1.54) is 34.1 Å². The second kappa shape index (κ2) is 22.5. The first-order valence-electron chi connectivity index (χ1n) is 20.1. The molecule has 0 saturated heterocycles. The van der Waals surface area contributed by atoms with Crippen molar-refractivity contribution in [3.05, 3.63) is 182 Å². The molecule has 0 saturated carbocycles. The molecular weight excluding hydrogens is 723 g/mol. The van der Waals surface area contributed by atoms with Crippen LogP contribution < -0.4 is 28.0 Å². The molecule has 0 spiro atoms. The summed E-state index contributed by atoms with van der Waals surface area (Å²) < 4.78 is 15.3. The third kappa shape index (κ3) is 10.6. The fourth-order valence-electron chi connectivity index (χ4n) is 6.86. The van der Waals surface area contributed by atoms with E-state index >= 15 is 0 Å². The maximum atomic E-state index is 2.54. The molecule has 6 rings (SSSR count). The fourth-order valence-corrected chi connectivity index (χ4v) is 12.0. The number of anilines is 6. The molecule has 0 heterocycles. The summed E-state index contributed by atoms with van der Waals surface area (Å²) in [6.07, 6.45) is 0. The van der Waals surface area contributed by atoms with Crippen molar-refractivity contribution in [2.24, 2.45) is 0 Å². The largest absolute Gasteiger partial charge is 0.317 e. The Morgan fingerprint density at radius 2 is 0.357 bits per heavy atom. The van der Waals surface area contributed by atoms with Gasteiger partial charge in [-0.25, -0.2) is 0 Å². The van der Waals surface area contributed by atoms with Crippen LogP contribution in [0.2, 0.25) is 0 Å². The predicted octanol–water partition coefficient (Wildman–Crippen LogP) is 13.6. The smallest absolute Gasteiger partial charge is 0.208 e. The van der Waals surface area contributed by atoms with Crippen molar-refractivity contribution in [2.45, 2.75) is 41.5 Å². The van der Waals surface area contributed by atoms with Crippen molar-refractivity contribution in [1.29, 1.82) is 0 Å². The molecule has 0 aromatic heterocycles. The Bertz CT molecular complexity index is 1540. The van der Waals surface area contributed by atoms with Crippen LogP contribution in [0.25, 0.3) is 0 Å². The Morgan fingerprint density at radius 3 is 0.464 bits per heavy atom. The minimum atomic E-state index is -0.780. The van der Waals surface area contributed by atoms with Gasteiger partial charge >= 0.3 is 0 Å². The maximum Gasteiger partial charge on any atom is 0.208 e. The molecule has 56 heavy (non-hydrogen) atoms. The van der Waals surface area contributed by atoms with Gasteiger partial charge in [-0.2, -0.15) is 0 Å². The normalized spacial score (nSPS) is 10.7. The zero-order chi connectivity index (χ0) is 39.5. The number of hydrogen-bond donors (Lipinski definition) is 0. The van der Waals surface area contributed by atoms with Crippen LogP contribution >= 0.6 is 16.7 Å². The first kappa shape index (κ1) is 42.1. The van der Waals surface area contributed by atoms with Gasteiger partial charge in [0, 0.05) is 73.4 Å². The number of hydrogen-bond acceptors (Lipinski definition) is 6. The molecule has 0 aliphatic rings. The van der Waals surface area contributed by atoms with E-state index in [1.54, 1.807) is 0 Å². The van der Waals surface area contributed by atoms with Gasteiger partial charge in [0.1, 0.15) is 0 Å². The number of para-hydroxylation sites is 6. The molecule has 0 atom stereocenters. The van der Waals surface area contributed by atoms with Crippen molar-refractivity contribution < 1.29 is 0 Å². The van der Waals surface area contributed by atoms with Crippen molar-refractivity contribution in [3.63, 3.8) is 0 Å². The van der Waals surface area contributed by atoms with Gasteiger partial charge in [0.15, 0.2) is 0 Å². The van der Waals surface area contributed by atoms with Gasteiger partial charge in [-0.3, -0.25) is 0 Å². The van der Waals surface area contributed by atoms with Gasteiger partial charge in [-0.15, -0.1) is 0 Å². The third-order valence-corrected chi connectivity index (χ3v) is 15.1. The molecule has 0 amide bonds. The third-order valence-electron chi connectivity index (χ3n) is 9.42. The average Bonchev–Trinajstić information content (AvgIpc) is 3.27. The summed E-state index contributed by atoms with van der Waals surface area (Å²) in [4.78, 5) is 0. The number of benzene rings is 6. The van der Waals surface area contributed by atoms with E-state index < -0.39 is 16.7 Å². The lowest BCUT2D eigenvalue weighted by atomic mass is 10.3. The highest BCUT2D eigenvalue weighted by molar-refractivity contribution is 7.63. The van der Waals surface area contributed by atoms with Crippen LogP contribution in [0, 0.1) is 0 Å². The lowest BCUT2D eigenvalue weighted by Crippen LogP contribution is -2.38. The Morgan fingerprint density at radius 1 is 0.232 bits per heavy atom. The van der Waals surface area contributed by atoms with E-state index in [9.17, 15) is 0 Å². The molecule has 6 aromatic rings. The van der Waals surface area contributed by atoms with E-state index in [2.05, 4.69) is 252 Å². The molecule has 6 nitrogen and oxygen atoms in total. The average molecular weight is 783 g/mol. The SMILES string of the molecule is CCN(c1ccccc1)P(N(CC)c1ccccc1)N(CC)c1ccccc1.CCN(c1ccccc1)P(N(CC)c1ccccc1)N(CC)c1ccccc1. The predicted molar refractivity (Wildman–Crippen MR) is 251 cm³/mol. The topological polar surface area (TPSA) is 19.4 Å². The van der Waals surface area contributed by atoms with E-state index in [0.29, 0.717) is 0 Å². The maximum absolute atomic E-state index is 2.54. The highest BCUT2D eigenvalue weighted by atomic mass is 31.2. The van der Waals surface area contributed by atoms with Crippen LogP contribution in [0.4, 0.5) is 34.1 Å². The first-order valence-corrected chi connectivity index (χ1v) is 22.5. The number of rotatable bonds is 18. The monoisotopic (exact) mass is 782 g/mol. The van der Waals surface area contributed by atoms with Crippen LogP contribution in [-0.4, -0.2) is 39.3 Å². The summed E-state index contributed by atoms with van der Waals surface area (Å²) in [6.45, 7) is 19.2. The van der Waals surface area contributed by atoms with Crippen LogP contribution in [0.15, 0.2) is 182 Å². The van der Waals surface area contributed by atoms with Crippen molar-refractivity contribution in [1.82, 2.24) is 0 Å². The van der Waals surface area contributed by atoms with Gasteiger partial charge < -0.3 is 28.0 Å². The summed E-state index contributed by atoms with van der Waals surface area (Å²) in [5, 5.41) is 0. The van der Waals surface area contributed by atoms with Crippen LogP contribution in [0.3, 0.4) is 0 Å². The summed E-state index contributed by atoms with van der Waals surface area (Å²) in [6, 6.07) is 64.7. The fraction of sp³-hybridized carbons (Fsp3) is 0.250. The molecule has 292 valence electrons. The van der Waals surface area contributed by atoms with Crippen LogP contribution in [0.1, 0.15) is 41.5 Å². The summed E-state index contributed by atoms with van der Waals surface area (Å²) >= 11 is 0. The Hall–Kier alpha value is -5.02. The molecule has 0 aliphatic carbocycles. The van der Waals surface area contributed by atoms with Gasteiger partial charge in [0.2, 0.25) is 16.7 Å². The molecule has 8 heteroatoms. The highest BCUT2D eigenvalue weighted by Gasteiger charge is 2.33. The van der Waals surface area contributed by atoms with Crippen LogP contribution in [0.5, 0.6) is 0 Å². The molecule has 6 aromatic carbocycles. The quantitative estimate of drug-likeness (QED) is 0.0803. The molecule has 0 aliphatic heterocycles. The van der Waals surface area contributed by atoms with Gasteiger partial charge in [0.05, 0.1) is 0 Å². The first-order chi connectivity index (χ1) is 27.6. The molecule has 0 fully saturated rings. The number of nitrogens with zero attached hydrogens (tertiary/aromatic N) is 6. The molecule has 0 bridgehead atoms. The van der Waals surface area contributed by atoms with E-state index in [-0.39, 0.29) is 0 Å². The van der Waals surface area contributed by atoms with E-state index in [0.717, 1.165) is 39.3 Å². The van der Waals surface area contributed by atoms with Crippen molar-refractivity contribution >= 4 is 50.9 Å². The Kier molecular flexibility index (Phi) is 16.9. The second-order valence-electron chi connectivity index (χ2n) is 12.8. The summed E-state index contributed by atoms with van der Waals surface area (Å²) in [5.41, 5.74) is 7.58. The Balaban J connectivity index is 0.000000214. The minimum Gasteiger partial charge on any atom is -0.317 e. The van der Waals surface area contributed by atoms with Crippen molar-refractivity contribution in [3.8, 4) is 0 Å². The van der Waals surface area contributed by atoms with E-state index in [1.807, 2.05) is 0 Å². The minimum absolute atomic E-state index is 0.780. The van der Waals surface area contributed by atoms with Gasteiger partial charge in [0.25, 0.3) is 0 Å². The molecule has 0 N–H and O–H groups in total. The summed E-state index contributed by atoms with van der Waals surface area (Å²) in [5.74, 6) is 0. The highest BCUT2D eigenvalue weighted by Crippen LogP contribution is 2.55. The lowest BCUT2D eigenvalue weighted by Gasteiger charge is -2.46. The lowest BCUT2D eigenvalue weighted by molar-refractivity contribution is 0.991. The van der Waals surface area contributed by atoms with Crippen molar-refractivity contribution in [2.75, 3.05) is 67.3 Å². The molecule has 0 unspecified atom stereocenters. The van der Waals surface area contributed by atoms with E-state index in [4.69, 9.17) is 0 Å². The van der Waals surface area contributed by atoms with Crippen LogP contribution in [-0.2, 0) is 0 Å². The van der Waals surface area contributed by atoms with Gasteiger partial charge in [-0.05, 0) is 114 Å². The zero-order valence-corrected chi connectivity index (χ0v) is 35.9. The summed E-state index contributed by atoms with van der Waals surface area (Å²) in [7, 11) is -1.56. The molecular formula is C48H60N6P2.